The summed E-state index contributed by atoms with van der Waals surface area (Å²) in [6, 6.07) is 23.6. The van der Waals surface area contributed by atoms with Gasteiger partial charge in [0, 0.05) is 5.56 Å². The van der Waals surface area contributed by atoms with Crippen LogP contribution in [-0.4, -0.2) is 32.2 Å². The molecule has 0 aliphatic rings. The van der Waals surface area contributed by atoms with E-state index in [2.05, 4.69) is 5.32 Å². The second-order valence-corrected chi connectivity index (χ2v) is 8.19. The van der Waals surface area contributed by atoms with Crippen molar-refractivity contribution >= 4 is 22.4 Å². The van der Waals surface area contributed by atoms with E-state index < -0.39 is 0 Å². The monoisotopic (exact) mass is 460 g/mol. The molecule has 168 valence electrons. The summed E-state index contributed by atoms with van der Waals surface area (Å²) < 4.78 is 16.1. The number of benzene rings is 3. The fraction of sp³-hybridized carbons (Fsp3) is 0.154. The van der Waals surface area contributed by atoms with Crippen molar-refractivity contribution in [2.75, 3.05) is 26.6 Å². The molecule has 0 fully saturated rings. The van der Waals surface area contributed by atoms with Crippen molar-refractivity contribution < 1.29 is 19.0 Å². The molecule has 4 rings (SSSR count). The van der Waals surface area contributed by atoms with Gasteiger partial charge in [-0.2, -0.15) is 0 Å². The van der Waals surface area contributed by atoms with Crippen molar-refractivity contribution in [3.8, 4) is 38.9 Å². The molecule has 0 atom stereocenters. The summed E-state index contributed by atoms with van der Waals surface area (Å²) in [7, 11) is 4.64. The van der Waals surface area contributed by atoms with Crippen LogP contribution < -0.4 is 19.5 Å². The first-order valence-corrected chi connectivity index (χ1v) is 11.1. The van der Waals surface area contributed by atoms with Crippen molar-refractivity contribution in [3.63, 3.8) is 0 Å². The number of hydrogen-bond acceptors (Lipinski definition) is 6. The van der Waals surface area contributed by atoms with Crippen LogP contribution >= 0.6 is 11.3 Å². The highest BCUT2D eigenvalue weighted by molar-refractivity contribution is 7.19. The van der Waals surface area contributed by atoms with Crippen LogP contribution in [0.3, 0.4) is 0 Å². The molecule has 1 aromatic heterocycles. The highest BCUT2D eigenvalue weighted by Crippen LogP contribution is 2.40. The Morgan fingerprint density at radius 1 is 0.848 bits per heavy atom. The van der Waals surface area contributed by atoms with Crippen molar-refractivity contribution in [1.82, 2.24) is 4.98 Å². The SMILES string of the molecule is COc1cc(CC(=O)Nc2nc(-c3ccccc3)c(-c3ccccc3)s2)cc(OC)c1OC. The number of carbonyl (C=O) groups excluding carboxylic acids is 1. The van der Waals surface area contributed by atoms with Gasteiger partial charge in [0.1, 0.15) is 0 Å². The maximum Gasteiger partial charge on any atom is 0.230 e. The van der Waals surface area contributed by atoms with E-state index in [1.165, 1.54) is 11.3 Å². The van der Waals surface area contributed by atoms with E-state index >= 15 is 0 Å². The average molecular weight is 461 g/mol. The lowest BCUT2D eigenvalue weighted by atomic mass is 10.1. The van der Waals surface area contributed by atoms with E-state index in [4.69, 9.17) is 19.2 Å². The molecule has 0 bridgehead atoms. The fourth-order valence-electron chi connectivity index (χ4n) is 3.54. The van der Waals surface area contributed by atoms with Crippen molar-refractivity contribution in [2.45, 2.75) is 6.42 Å². The molecule has 0 unspecified atom stereocenters. The number of thiazole rings is 1. The Bertz CT molecular complexity index is 1160. The maximum atomic E-state index is 12.9. The summed E-state index contributed by atoms with van der Waals surface area (Å²) in [6.45, 7) is 0. The quantitative estimate of drug-likeness (QED) is 0.366. The molecule has 33 heavy (non-hydrogen) atoms. The Hall–Kier alpha value is -3.84. The fourth-order valence-corrected chi connectivity index (χ4v) is 4.55. The normalized spacial score (nSPS) is 10.5. The zero-order valence-electron chi connectivity index (χ0n) is 18.6. The Kier molecular flexibility index (Phi) is 6.90. The number of methoxy groups -OCH3 is 3. The second-order valence-electron chi connectivity index (χ2n) is 7.19. The molecule has 0 aliphatic heterocycles. The lowest BCUT2D eigenvalue weighted by Crippen LogP contribution is -2.14. The molecule has 6 nitrogen and oxygen atoms in total. The van der Waals surface area contributed by atoms with Gasteiger partial charge in [-0.25, -0.2) is 4.98 Å². The predicted molar refractivity (Wildman–Crippen MR) is 131 cm³/mol. The molecule has 0 spiro atoms. The number of nitrogens with one attached hydrogen (secondary N) is 1. The Morgan fingerprint density at radius 3 is 1.97 bits per heavy atom. The first-order chi connectivity index (χ1) is 16.1. The second kappa shape index (κ2) is 10.2. The van der Waals surface area contributed by atoms with Crippen molar-refractivity contribution in [1.29, 1.82) is 0 Å². The van der Waals surface area contributed by atoms with Gasteiger partial charge in [-0.1, -0.05) is 72.0 Å². The molecule has 1 amide bonds. The first kappa shape index (κ1) is 22.4. The molecular weight excluding hydrogens is 436 g/mol. The minimum Gasteiger partial charge on any atom is -0.493 e. The van der Waals surface area contributed by atoms with Gasteiger partial charge >= 0.3 is 0 Å². The summed E-state index contributed by atoms with van der Waals surface area (Å²) in [5, 5.41) is 3.50. The predicted octanol–water partition coefficient (Wildman–Crippen LogP) is 5.68. The van der Waals surface area contributed by atoms with Gasteiger partial charge in [0.2, 0.25) is 11.7 Å². The number of carbonyl (C=O) groups is 1. The standard InChI is InChI=1S/C26H24N2O4S/c1-30-20-14-17(15-21(31-2)24(20)32-3)16-22(29)27-26-28-23(18-10-6-4-7-11-18)25(33-26)19-12-8-5-9-13-19/h4-15H,16H2,1-3H3,(H,27,28,29). The summed E-state index contributed by atoms with van der Waals surface area (Å²) in [6.07, 6.45) is 0.137. The van der Waals surface area contributed by atoms with Gasteiger partial charge in [0.05, 0.1) is 38.3 Å². The molecule has 0 aliphatic carbocycles. The van der Waals surface area contributed by atoms with Crippen LogP contribution in [0, 0.1) is 0 Å². The lowest BCUT2D eigenvalue weighted by Gasteiger charge is -2.13. The van der Waals surface area contributed by atoms with Gasteiger partial charge in [0.25, 0.3) is 0 Å². The Morgan fingerprint density at radius 2 is 1.42 bits per heavy atom. The maximum absolute atomic E-state index is 12.9. The molecular formula is C26H24N2O4S. The van der Waals surface area contributed by atoms with Gasteiger partial charge in [0.15, 0.2) is 16.6 Å². The summed E-state index contributed by atoms with van der Waals surface area (Å²) >= 11 is 1.46. The summed E-state index contributed by atoms with van der Waals surface area (Å²) in [4.78, 5) is 18.6. The van der Waals surface area contributed by atoms with Crippen LogP contribution in [0.25, 0.3) is 21.7 Å². The van der Waals surface area contributed by atoms with Crippen molar-refractivity contribution in [3.05, 3.63) is 78.4 Å². The van der Waals surface area contributed by atoms with E-state index in [1.807, 2.05) is 60.7 Å². The average Bonchev–Trinajstić information content (AvgIpc) is 3.28. The largest absolute Gasteiger partial charge is 0.493 e. The number of ether oxygens (including phenoxy) is 3. The van der Waals surface area contributed by atoms with Crippen LogP contribution in [0.15, 0.2) is 72.8 Å². The number of rotatable bonds is 8. The van der Waals surface area contributed by atoms with Crippen LogP contribution in [0.1, 0.15) is 5.56 Å². The van der Waals surface area contributed by atoms with Crippen LogP contribution in [0.4, 0.5) is 5.13 Å². The third-order valence-electron chi connectivity index (χ3n) is 5.05. The van der Waals surface area contributed by atoms with E-state index in [0.29, 0.717) is 22.4 Å². The molecule has 1 heterocycles. The topological polar surface area (TPSA) is 69.7 Å². The minimum atomic E-state index is -0.183. The molecule has 0 radical (unpaired) electrons. The van der Waals surface area contributed by atoms with E-state index in [-0.39, 0.29) is 12.3 Å². The van der Waals surface area contributed by atoms with Gasteiger partial charge in [-0.15, -0.1) is 0 Å². The molecule has 0 saturated heterocycles. The summed E-state index contributed by atoms with van der Waals surface area (Å²) in [5.74, 6) is 1.32. The first-order valence-electron chi connectivity index (χ1n) is 10.3. The van der Waals surface area contributed by atoms with E-state index in [9.17, 15) is 4.79 Å². The lowest BCUT2D eigenvalue weighted by molar-refractivity contribution is -0.115. The number of hydrogen-bond donors (Lipinski definition) is 1. The number of nitrogens with zero attached hydrogens (tertiary/aromatic N) is 1. The smallest absolute Gasteiger partial charge is 0.230 e. The van der Waals surface area contributed by atoms with Crippen LogP contribution in [0.5, 0.6) is 17.2 Å². The number of anilines is 1. The number of aromatic nitrogens is 1. The minimum absolute atomic E-state index is 0.137. The third kappa shape index (κ3) is 4.99. The Labute approximate surface area is 196 Å². The van der Waals surface area contributed by atoms with Gasteiger partial charge < -0.3 is 19.5 Å². The zero-order valence-corrected chi connectivity index (χ0v) is 19.4. The summed E-state index contributed by atoms with van der Waals surface area (Å²) in [5.41, 5.74) is 3.64. The van der Waals surface area contributed by atoms with Crippen LogP contribution in [0.2, 0.25) is 0 Å². The highest BCUT2D eigenvalue weighted by Gasteiger charge is 2.18. The third-order valence-corrected chi connectivity index (χ3v) is 6.07. The Balaban J connectivity index is 1.61. The van der Waals surface area contributed by atoms with E-state index in [0.717, 1.165) is 27.3 Å². The van der Waals surface area contributed by atoms with E-state index in [1.54, 1.807) is 33.5 Å². The van der Waals surface area contributed by atoms with Crippen molar-refractivity contribution in [2.24, 2.45) is 0 Å². The molecule has 0 saturated carbocycles. The zero-order chi connectivity index (χ0) is 23.2. The molecule has 4 aromatic rings. The van der Waals surface area contributed by atoms with Gasteiger partial charge in [-0.3, -0.25) is 4.79 Å². The number of amides is 1. The van der Waals surface area contributed by atoms with Gasteiger partial charge in [-0.05, 0) is 23.3 Å². The molecule has 7 heteroatoms. The van der Waals surface area contributed by atoms with Crippen LogP contribution in [-0.2, 0) is 11.2 Å². The molecule has 3 aromatic carbocycles. The molecule has 1 N–H and O–H groups in total. The highest BCUT2D eigenvalue weighted by atomic mass is 32.1.